The maximum Gasteiger partial charge on any atom is 0.145 e. The highest BCUT2D eigenvalue weighted by molar-refractivity contribution is 5.55. The molecular formula is C16H18N4O. The summed E-state index contributed by atoms with van der Waals surface area (Å²) in [6.07, 6.45) is 1.61. The van der Waals surface area contributed by atoms with Gasteiger partial charge >= 0.3 is 0 Å². The lowest BCUT2D eigenvalue weighted by atomic mass is 10.1. The second kappa shape index (κ2) is 4.81. The van der Waals surface area contributed by atoms with E-state index in [0.29, 0.717) is 18.7 Å². The third-order valence-electron chi connectivity index (χ3n) is 3.62. The average Bonchev–Trinajstić information content (AvgIpc) is 2.73. The van der Waals surface area contributed by atoms with Crippen LogP contribution in [0, 0.1) is 11.3 Å². The van der Waals surface area contributed by atoms with Crippen LogP contribution >= 0.6 is 0 Å². The highest BCUT2D eigenvalue weighted by Crippen LogP contribution is 2.32. The molecule has 1 aromatic carbocycles. The normalized spacial score (nSPS) is 16.6. The molecule has 1 aromatic heterocycles. The molecule has 2 heterocycles. The number of rotatable bonds is 1. The molecule has 5 nitrogen and oxygen atoms in total. The van der Waals surface area contributed by atoms with Crippen LogP contribution in [0.5, 0.6) is 5.75 Å². The molecule has 1 aliphatic rings. The van der Waals surface area contributed by atoms with Gasteiger partial charge in [0, 0.05) is 19.2 Å². The molecule has 0 aliphatic carbocycles. The van der Waals surface area contributed by atoms with Crippen LogP contribution in [0.4, 0.5) is 5.82 Å². The van der Waals surface area contributed by atoms with E-state index in [9.17, 15) is 5.26 Å². The van der Waals surface area contributed by atoms with Crippen LogP contribution in [0.1, 0.15) is 25.0 Å². The maximum atomic E-state index is 9.30. The Kier molecular flexibility index (Phi) is 3.09. The first kappa shape index (κ1) is 13.5. The Morgan fingerprint density at radius 3 is 2.86 bits per heavy atom. The van der Waals surface area contributed by atoms with Gasteiger partial charge in [-0.1, -0.05) is 18.2 Å². The second-order valence-corrected chi connectivity index (χ2v) is 5.94. The van der Waals surface area contributed by atoms with Gasteiger partial charge in [-0.05, 0) is 19.9 Å². The first-order valence-electron chi connectivity index (χ1n) is 6.94. The van der Waals surface area contributed by atoms with Gasteiger partial charge in [-0.25, -0.2) is 0 Å². The maximum absolute atomic E-state index is 9.30. The summed E-state index contributed by atoms with van der Waals surface area (Å²) in [6, 6.07) is 10.3. The molecule has 2 aromatic rings. The molecule has 0 radical (unpaired) electrons. The fourth-order valence-electron chi connectivity index (χ4n) is 2.82. The molecule has 21 heavy (non-hydrogen) atoms. The summed E-state index contributed by atoms with van der Waals surface area (Å²) in [4.78, 5) is 2.16. The average molecular weight is 282 g/mol. The predicted octanol–water partition coefficient (Wildman–Crippen LogP) is 2.47. The van der Waals surface area contributed by atoms with Gasteiger partial charge in [0.1, 0.15) is 28.8 Å². The second-order valence-electron chi connectivity index (χ2n) is 5.94. The smallest absolute Gasteiger partial charge is 0.145 e. The summed E-state index contributed by atoms with van der Waals surface area (Å²) in [5, 5.41) is 13.5. The van der Waals surface area contributed by atoms with Gasteiger partial charge < -0.3 is 9.64 Å². The van der Waals surface area contributed by atoms with Crippen LogP contribution in [-0.2, 0) is 13.6 Å². The Labute approximate surface area is 124 Å². The van der Waals surface area contributed by atoms with Gasteiger partial charge in [0.15, 0.2) is 0 Å². The minimum absolute atomic E-state index is 0.344. The van der Waals surface area contributed by atoms with E-state index >= 15 is 0 Å². The van der Waals surface area contributed by atoms with Crippen LogP contribution in [0.15, 0.2) is 30.5 Å². The van der Waals surface area contributed by atoms with Gasteiger partial charge in [0.25, 0.3) is 0 Å². The number of aryl methyl sites for hydroxylation is 1. The molecule has 0 N–H and O–H groups in total. The van der Waals surface area contributed by atoms with E-state index in [0.717, 1.165) is 17.1 Å². The fraction of sp³-hybridized carbons (Fsp3) is 0.375. The minimum Gasteiger partial charge on any atom is -0.486 e. The molecule has 3 rings (SSSR count). The topological polar surface area (TPSA) is 54.1 Å². The van der Waals surface area contributed by atoms with Crippen LogP contribution in [0.3, 0.4) is 0 Å². The van der Waals surface area contributed by atoms with Crippen LogP contribution < -0.4 is 9.64 Å². The third kappa shape index (κ3) is 2.45. The molecular weight excluding hydrogens is 264 g/mol. The zero-order valence-corrected chi connectivity index (χ0v) is 12.5. The van der Waals surface area contributed by atoms with E-state index in [4.69, 9.17) is 4.74 Å². The summed E-state index contributed by atoms with van der Waals surface area (Å²) in [5.74, 6) is 1.75. The molecule has 0 fully saturated rings. The Bertz CT molecular complexity index is 711. The summed E-state index contributed by atoms with van der Waals surface area (Å²) in [6.45, 7) is 5.51. The molecule has 108 valence electrons. The number of nitriles is 1. The van der Waals surface area contributed by atoms with Crippen molar-refractivity contribution in [2.45, 2.75) is 26.0 Å². The molecule has 5 heteroatoms. The summed E-state index contributed by atoms with van der Waals surface area (Å²) >= 11 is 0. The number of benzene rings is 1. The van der Waals surface area contributed by atoms with Crippen molar-refractivity contribution in [3.05, 3.63) is 41.6 Å². The lowest BCUT2D eigenvalue weighted by molar-refractivity contribution is 0.121. The number of nitrogens with zero attached hydrogens (tertiary/aromatic N) is 4. The number of aromatic nitrogens is 2. The number of para-hydroxylation sites is 1. The molecule has 1 aliphatic heterocycles. The molecule has 0 atom stereocenters. The first-order chi connectivity index (χ1) is 10.00. The van der Waals surface area contributed by atoms with E-state index < -0.39 is 0 Å². The third-order valence-corrected chi connectivity index (χ3v) is 3.62. The summed E-state index contributed by atoms with van der Waals surface area (Å²) in [5.41, 5.74) is 1.37. The molecule has 0 saturated heterocycles. The minimum atomic E-state index is -0.344. The fourth-order valence-corrected chi connectivity index (χ4v) is 2.82. The van der Waals surface area contributed by atoms with E-state index in [-0.39, 0.29) is 5.60 Å². The lowest BCUT2D eigenvalue weighted by Crippen LogP contribution is -2.41. The van der Waals surface area contributed by atoms with Crippen molar-refractivity contribution in [2.24, 2.45) is 7.05 Å². The summed E-state index contributed by atoms with van der Waals surface area (Å²) in [7, 11) is 1.86. The number of hydrogen-bond acceptors (Lipinski definition) is 4. The van der Waals surface area contributed by atoms with Gasteiger partial charge in [-0.15, -0.1) is 0 Å². The molecule has 0 amide bonds. The number of anilines is 1. The van der Waals surface area contributed by atoms with Gasteiger partial charge in [-0.3, -0.25) is 4.68 Å². The molecule has 0 spiro atoms. The molecule has 0 unspecified atom stereocenters. The standard InChI is InChI=1S/C16H18N4O/c1-16(2)11-20(15-13(8-17)9-18-19(15)3)10-12-6-4-5-7-14(12)21-16/h4-7,9H,10-11H2,1-3H3. The van der Waals surface area contributed by atoms with Gasteiger partial charge in [0.05, 0.1) is 12.7 Å². The quantitative estimate of drug-likeness (QED) is 0.806. The monoisotopic (exact) mass is 282 g/mol. The van der Waals surface area contributed by atoms with Gasteiger partial charge in [-0.2, -0.15) is 10.4 Å². The van der Waals surface area contributed by atoms with Crippen molar-refractivity contribution >= 4 is 5.82 Å². The zero-order chi connectivity index (χ0) is 15.0. The molecule has 0 saturated carbocycles. The zero-order valence-electron chi connectivity index (χ0n) is 12.5. The van der Waals surface area contributed by atoms with E-state index in [2.05, 4.69) is 36.0 Å². The largest absolute Gasteiger partial charge is 0.486 e. The Balaban J connectivity index is 2.08. The van der Waals surface area contributed by atoms with E-state index in [1.807, 2.05) is 25.2 Å². The van der Waals surface area contributed by atoms with E-state index in [1.54, 1.807) is 10.9 Å². The Morgan fingerprint density at radius 1 is 1.33 bits per heavy atom. The van der Waals surface area contributed by atoms with Crippen molar-refractivity contribution in [1.29, 1.82) is 5.26 Å². The van der Waals surface area contributed by atoms with Crippen molar-refractivity contribution < 1.29 is 4.74 Å². The Hall–Kier alpha value is -2.48. The van der Waals surface area contributed by atoms with Crippen molar-refractivity contribution in [3.8, 4) is 11.8 Å². The number of fused-ring (bicyclic) bond motifs is 1. The number of ether oxygens (including phenoxy) is 1. The van der Waals surface area contributed by atoms with Crippen molar-refractivity contribution in [1.82, 2.24) is 9.78 Å². The highest BCUT2D eigenvalue weighted by Gasteiger charge is 2.31. The van der Waals surface area contributed by atoms with Crippen LogP contribution in [0.2, 0.25) is 0 Å². The summed E-state index contributed by atoms with van der Waals surface area (Å²) < 4.78 is 7.88. The molecule has 0 bridgehead atoms. The first-order valence-corrected chi connectivity index (χ1v) is 6.94. The van der Waals surface area contributed by atoms with Crippen LogP contribution in [-0.4, -0.2) is 21.9 Å². The predicted molar refractivity (Wildman–Crippen MR) is 80.1 cm³/mol. The van der Waals surface area contributed by atoms with Crippen LogP contribution in [0.25, 0.3) is 0 Å². The Morgan fingerprint density at radius 2 is 2.10 bits per heavy atom. The lowest BCUT2D eigenvalue weighted by Gasteiger charge is -2.30. The SMILES string of the molecule is Cn1ncc(C#N)c1N1Cc2ccccc2OC(C)(C)C1. The number of hydrogen-bond donors (Lipinski definition) is 0. The van der Waals surface area contributed by atoms with Gasteiger partial charge in [0.2, 0.25) is 0 Å². The highest BCUT2D eigenvalue weighted by atomic mass is 16.5. The van der Waals surface area contributed by atoms with Crippen molar-refractivity contribution in [2.75, 3.05) is 11.4 Å². The van der Waals surface area contributed by atoms with Crippen molar-refractivity contribution in [3.63, 3.8) is 0 Å². The van der Waals surface area contributed by atoms with E-state index in [1.165, 1.54) is 0 Å².